The van der Waals surface area contributed by atoms with Gasteiger partial charge < -0.3 is 5.32 Å². The molecule has 0 radical (unpaired) electrons. The van der Waals surface area contributed by atoms with Crippen molar-refractivity contribution in [3.63, 3.8) is 0 Å². The molecule has 2 heterocycles. The van der Waals surface area contributed by atoms with Gasteiger partial charge in [-0.1, -0.05) is 6.07 Å². The SMILES string of the molecule is c1csc(CN2CCCC2CNC2CC2)c1. The van der Waals surface area contributed by atoms with Gasteiger partial charge in [-0.25, -0.2) is 0 Å². The van der Waals surface area contributed by atoms with Gasteiger partial charge in [-0.05, 0) is 43.7 Å². The summed E-state index contributed by atoms with van der Waals surface area (Å²) in [5.41, 5.74) is 0. The minimum absolute atomic E-state index is 0.780. The topological polar surface area (TPSA) is 15.3 Å². The molecule has 0 amide bonds. The van der Waals surface area contributed by atoms with Gasteiger partial charge in [-0.15, -0.1) is 11.3 Å². The first-order chi connectivity index (χ1) is 7.92. The molecule has 2 aliphatic rings. The summed E-state index contributed by atoms with van der Waals surface area (Å²) in [6.07, 6.45) is 5.56. The zero-order valence-corrected chi connectivity index (χ0v) is 10.5. The van der Waals surface area contributed by atoms with E-state index in [1.165, 1.54) is 43.6 Å². The van der Waals surface area contributed by atoms with Crippen LogP contribution in [0.1, 0.15) is 30.6 Å². The molecule has 1 aromatic heterocycles. The quantitative estimate of drug-likeness (QED) is 0.845. The van der Waals surface area contributed by atoms with Gasteiger partial charge in [-0.2, -0.15) is 0 Å². The normalized spacial score (nSPS) is 26.4. The Balaban J connectivity index is 1.51. The Hall–Kier alpha value is -0.380. The fraction of sp³-hybridized carbons (Fsp3) is 0.692. The van der Waals surface area contributed by atoms with Crippen LogP contribution in [0.5, 0.6) is 0 Å². The van der Waals surface area contributed by atoms with E-state index in [-0.39, 0.29) is 0 Å². The summed E-state index contributed by atoms with van der Waals surface area (Å²) in [6, 6.07) is 6.05. The summed E-state index contributed by atoms with van der Waals surface area (Å²) in [4.78, 5) is 4.17. The summed E-state index contributed by atoms with van der Waals surface area (Å²) < 4.78 is 0. The highest BCUT2D eigenvalue weighted by Crippen LogP contribution is 2.23. The van der Waals surface area contributed by atoms with Crippen LogP contribution in [0.25, 0.3) is 0 Å². The van der Waals surface area contributed by atoms with E-state index in [4.69, 9.17) is 0 Å². The maximum absolute atomic E-state index is 3.67. The highest BCUT2D eigenvalue weighted by atomic mass is 32.1. The summed E-state index contributed by atoms with van der Waals surface area (Å²) >= 11 is 1.89. The maximum Gasteiger partial charge on any atom is 0.0331 e. The number of rotatable bonds is 5. The van der Waals surface area contributed by atoms with E-state index in [0.717, 1.165) is 18.6 Å². The number of thiophene rings is 1. The highest BCUT2D eigenvalue weighted by molar-refractivity contribution is 7.09. The van der Waals surface area contributed by atoms with E-state index in [1.54, 1.807) is 0 Å². The maximum atomic E-state index is 3.67. The molecule has 0 bridgehead atoms. The lowest BCUT2D eigenvalue weighted by Crippen LogP contribution is -2.38. The molecular weight excluding hydrogens is 216 g/mol. The van der Waals surface area contributed by atoms with Crippen molar-refractivity contribution in [3.8, 4) is 0 Å². The molecule has 1 atom stereocenters. The third kappa shape index (κ3) is 2.65. The van der Waals surface area contributed by atoms with Crippen molar-refractivity contribution in [1.82, 2.24) is 10.2 Å². The van der Waals surface area contributed by atoms with Gasteiger partial charge >= 0.3 is 0 Å². The molecule has 3 heteroatoms. The molecular formula is C13H20N2S. The number of hydrogen-bond donors (Lipinski definition) is 1. The van der Waals surface area contributed by atoms with Crippen molar-refractivity contribution >= 4 is 11.3 Å². The second-order valence-electron chi connectivity index (χ2n) is 5.03. The van der Waals surface area contributed by atoms with Gasteiger partial charge in [0, 0.05) is 30.1 Å². The van der Waals surface area contributed by atoms with Crippen molar-refractivity contribution in [2.75, 3.05) is 13.1 Å². The summed E-state index contributed by atoms with van der Waals surface area (Å²) in [5.74, 6) is 0. The van der Waals surface area contributed by atoms with Crippen LogP contribution in [0.2, 0.25) is 0 Å². The van der Waals surface area contributed by atoms with E-state index >= 15 is 0 Å². The largest absolute Gasteiger partial charge is 0.312 e. The summed E-state index contributed by atoms with van der Waals surface area (Å²) in [7, 11) is 0. The first-order valence-electron chi connectivity index (χ1n) is 6.41. The van der Waals surface area contributed by atoms with E-state index in [2.05, 4.69) is 27.7 Å². The molecule has 1 saturated carbocycles. The molecule has 1 aliphatic carbocycles. The van der Waals surface area contributed by atoms with Crippen molar-refractivity contribution < 1.29 is 0 Å². The van der Waals surface area contributed by atoms with Crippen molar-refractivity contribution in [2.24, 2.45) is 0 Å². The summed E-state index contributed by atoms with van der Waals surface area (Å²) in [6.45, 7) is 3.65. The van der Waals surface area contributed by atoms with Crippen LogP contribution in [0.4, 0.5) is 0 Å². The number of hydrogen-bond acceptors (Lipinski definition) is 3. The molecule has 16 heavy (non-hydrogen) atoms. The molecule has 1 unspecified atom stereocenters. The van der Waals surface area contributed by atoms with Crippen LogP contribution in [-0.4, -0.2) is 30.1 Å². The second-order valence-corrected chi connectivity index (χ2v) is 6.06. The van der Waals surface area contributed by atoms with E-state index < -0.39 is 0 Å². The van der Waals surface area contributed by atoms with Gasteiger partial charge in [0.2, 0.25) is 0 Å². The Morgan fingerprint density at radius 2 is 2.31 bits per heavy atom. The second kappa shape index (κ2) is 4.86. The Morgan fingerprint density at radius 3 is 3.06 bits per heavy atom. The lowest BCUT2D eigenvalue weighted by atomic mass is 10.2. The fourth-order valence-corrected chi connectivity index (χ4v) is 3.26. The molecule has 2 nitrogen and oxygen atoms in total. The van der Waals surface area contributed by atoms with E-state index in [9.17, 15) is 0 Å². The number of nitrogens with one attached hydrogen (secondary N) is 1. The first-order valence-corrected chi connectivity index (χ1v) is 7.29. The molecule has 3 rings (SSSR count). The number of likely N-dealkylation sites (tertiary alicyclic amines) is 1. The predicted octanol–water partition coefficient (Wildman–Crippen LogP) is 2.46. The van der Waals surface area contributed by atoms with E-state index in [1.807, 2.05) is 11.3 Å². The van der Waals surface area contributed by atoms with Crippen LogP contribution in [-0.2, 0) is 6.54 Å². The monoisotopic (exact) mass is 236 g/mol. The standard InChI is InChI=1S/C13H20N2S/c1-3-12(9-14-11-5-6-11)15(7-1)10-13-4-2-8-16-13/h2,4,8,11-12,14H,1,3,5-7,9-10H2. The van der Waals surface area contributed by atoms with Crippen LogP contribution in [0.3, 0.4) is 0 Å². The lowest BCUT2D eigenvalue weighted by molar-refractivity contribution is 0.241. The lowest BCUT2D eigenvalue weighted by Gasteiger charge is -2.24. The highest BCUT2D eigenvalue weighted by Gasteiger charge is 2.27. The third-order valence-electron chi connectivity index (χ3n) is 3.66. The zero-order valence-electron chi connectivity index (χ0n) is 9.69. The predicted molar refractivity (Wildman–Crippen MR) is 68.8 cm³/mol. The van der Waals surface area contributed by atoms with Crippen LogP contribution in [0, 0.1) is 0 Å². The average molecular weight is 236 g/mol. The number of nitrogens with zero attached hydrogens (tertiary/aromatic N) is 1. The molecule has 0 spiro atoms. The average Bonchev–Trinajstić information content (AvgIpc) is 2.79. The van der Waals surface area contributed by atoms with Crippen LogP contribution >= 0.6 is 11.3 Å². The Bertz CT molecular complexity index is 319. The van der Waals surface area contributed by atoms with Crippen molar-refractivity contribution in [2.45, 2.75) is 44.3 Å². The van der Waals surface area contributed by atoms with Gasteiger partial charge in [0.25, 0.3) is 0 Å². The minimum atomic E-state index is 0.780. The molecule has 1 N–H and O–H groups in total. The summed E-state index contributed by atoms with van der Waals surface area (Å²) in [5, 5.41) is 5.85. The van der Waals surface area contributed by atoms with Crippen LogP contribution in [0.15, 0.2) is 17.5 Å². The third-order valence-corrected chi connectivity index (χ3v) is 4.52. The van der Waals surface area contributed by atoms with Gasteiger partial charge in [0.1, 0.15) is 0 Å². The van der Waals surface area contributed by atoms with E-state index in [0.29, 0.717) is 0 Å². The zero-order chi connectivity index (χ0) is 10.8. The van der Waals surface area contributed by atoms with Crippen LogP contribution < -0.4 is 5.32 Å². The Morgan fingerprint density at radius 1 is 1.38 bits per heavy atom. The van der Waals surface area contributed by atoms with Gasteiger partial charge in [0.15, 0.2) is 0 Å². The van der Waals surface area contributed by atoms with Gasteiger partial charge in [0.05, 0.1) is 0 Å². The smallest absolute Gasteiger partial charge is 0.0331 e. The van der Waals surface area contributed by atoms with Gasteiger partial charge in [-0.3, -0.25) is 4.90 Å². The van der Waals surface area contributed by atoms with Crippen molar-refractivity contribution in [3.05, 3.63) is 22.4 Å². The fourth-order valence-electron chi connectivity index (χ4n) is 2.53. The Kier molecular flexibility index (Phi) is 3.27. The molecule has 1 aromatic rings. The first kappa shape index (κ1) is 10.8. The molecule has 2 fully saturated rings. The molecule has 1 aliphatic heterocycles. The van der Waals surface area contributed by atoms with Crippen molar-refractivity contribution in [1.29, 1.82) is 0 Å². The molecule has 0 aromatic carbocycles. The molecule has 1 saturated heterocycles. The Labute approximate surface area is 102 Å². The minimum Gasteiger partial charge on any atom is -0.312 e. The molecule has 88 valence electrons.